The lowest BCUT2D eigenvalue weighted by Gasteiger charge is -2.15. The molecule has 2 aromatic rings. The average Bonchev–Trinajstić information content (AvgIpc) is 2.32. The molecule has 0 spiro atoms. The van der Waals surface area contributed by atoms with Gasteiger partial charge in [0.2, 0.25) is 0 Å². The molecule has 0 aliphatic heterocycles. The maximum absolute atomic E-state index is 10.4. The van der Waals surface area contributed by atoms with Gasteiger partial charge in [-0.1, -0.05) is 41.9 Å². The molecular formula is C15H15ClO. The van der Waals surface area contributed by atoms with E-state index in [0.29, 0.717) is 5.02 Å². The van der Waals surface area contributed by atoms with Crippen molar-refractivity contribution in [1.29, 1.82) is 0 Å². The summed E-state index contributed by atoms with van der Waals surface area (Å²) in [7, 11) is 0. The van der Waals surface area contributed by atoms with Crippen molar-refractivity contribution in [3.8, 4) is 0 Å². The molecule has 0 saturated heterocycles. The summed E-state index contributed by atoms with van der Waals surface area (Å²) in [5.41, 5.74) is 4.07. The van der Waals surface area contributed by atoms with E-state index < -0.39 is 6.10 Å². The zero-order valence-electron chi connectivity index (χ0n) is 9.94. The van der Waals surface area contributed by atoms with E-state index in [-0.39, 0.29) is 0 Å². The Bertz CT molecular complexity index is 534. The van der Waals surface area contributed by atoms with Gasteiger partial charge < -0.3 is 5.11 Å². The molecule has 1 N–H and O–H groups in total. The maximum Gasteiger partial charge on any atom is 0.104 e. The lowest BCUT2D eigenvalue weighted by molar-refractivity contribution is 0.219. The fourth-order valence-electron chi connectivity index (χ4n) is 1.93. The summed E-state index contributed by atoms with van der Waals surface area (Å²) in [6.45, 7) is 4.07. The van der Waals surface area contributed by atoms with Crippen LogP contribution in [0, 0.1) is 13.8 Å². The molecule has 0 bridgehead atoms. The van der Waals surface area contributed by atoms with Crippen molar-refractivity contribution in [2.45, 2.75) is 20.0 Å². The molecule has 0 heterocycles. The Balaban J connectivity index is 2.44. The van der Waals surface area contributed by atoms with Gasteiger partial charge >= 0.3 is 0 Å². The van der Waals surface area contributed by atoms with E-state index in [4.69, 9.17) is 11.6 Å². The number of hydrogen-bond donors (Lipinski definition) is 1. The quantitative estimate of drug-likeness (QED) is 0.848. The second-order valence-electron chi connectivity index (χ2n) is 4.25. The highest BCUT2D eigenvalue weighted by atomic mass is 35.5. The van der Waals surface area contributed by atoms with Crippen LogP contribution >= 0.6 is 11.6 Å². The van der Waals surface area contributed by atoms with E-state index in [9.17, 15) is 5.11 Å². The lowest BCUT2D eigenvalue weighted by Crippen LogP contribution is -2.02. The Labute approximate surface area is 107 Å². The highest BCUT2D eigenvalue weighted by molar-refractivity contribution is 6.30. The molecule has 0 fully saturated rings. The molecule has 88 valence electrons. The van der Waals surface area contributed by atoms with Gasteiger partial charge in [-0.05, 0) is 48.2 Å². The van der Waals surface area contributed by atoms with Crippen LogP contribution in [0.3, 0.4) is 0 Å². The molecule has 1 atom stereocenters. The first-order valence-electron chi connectivity index (χ1n) is 5.59. The molecule has 0 saturated carbocycles. The van der Waals surface area contributed by atoms with Crippen LogP contribution in [-0.4, -0.2) is 5.11 Å². The Kier molecular flexibility index (Phi) is 3.51. The van der Waals surface area contributed by atoms with Crippen LogP contribution < -0.4 is 0 Å². The van der Waals surface area contributed by atoms with Gasteiger partial charge in [0, 0.05) is 5.02 Å². The molecule has 1 unspecified atom stereocenters. The predicted molar refractivity (Wildman–Crippen MR) is 71.4 cm³/mol. The monoisotopic (exact) mass is 246 g/mol. The van der Waals surface area contributed by atoms with Crippen LogP contribution in [-0.2, 0) is 0 Å². The third kappa shape index (κ3) is 2.51. The normalized spacial score (nSPS) is 12.5. The van der Waals surface area contributed by atoms with Gasteiger partial charge in [-0.3, -0.25) is 0 Å². The van der Waals surface area contributed by atoms with Gasteiger partial charge in [-0.2, -0.15) is 0 Å². The number of aliphatic hydroxyl groups excluding tert-OH is 1. The first-order valence-corrected chi connectivity index (χ1v) is 5.97. The molecule has 0 aromatic heterocycles. The van der Waals surface area contributed by atoms with E-state index >= 15 is 0 Å². The SMILES string of the molecule is Cc1cccc(C(O)c2cccc(Cl)c2)c1C. The summed E-state index contributed by atoms with van der Waals surface area (Å²) >= 11 is 5.94. The van der Waals surface area contributed by atoms with Crippen LogP contribution in [0.2, 0.25) is 5.02 Å². The van der Waals surface area contributed by atoms with Crippen molar-refractivity contribution in [3.05, 3.63) is 69.7 Å². The van der Waals surface area contributed by atoms with E-state index in [2.05, 4.69) is 0 Å². The summed E-state index contributed by atoms with van der Waals surface area (Å²) in [6, 6.07) is 13.3. The highest BCUT2D eigenvalue weighted by Gasteiger charge is 2.13. The van der Waals surface area contributed by atoms with Crippen LogP contribution in [0.15, 0.2) is 42.5 Å². The van der Waals surface area contributed by atoms with Crippen molar-refractivity contribution < 1.29 is 5.11 Å². The number of aryl methyl sites for hydroxylation is 1. The first kappa shape index (κ1) is 12.2. The van der Waals surface area contributed by atoms with Gasteiger partial charge in [0.05, 0.1) is 0 Å². The molecule has 2 aromatic carbocycles. The van der Waals surface area contributed by atoms with Crippen molar-refractivity contribution in [3.63, 3.8) is 0 Å². The zero-order valence-corrected chi connectivity index (χ0v) is 10.7. The zero-order chi connectivity index (χ0) is 12.4. The summed E-state index contributed by atoms with van der Waals surface area (Å²) in [5, 5.41) is 11.0. The molecular weight excluding hydrogens is 232 g/mol. The number of rotatable bonds is 2. The van der Waals surface area contributed by atoms with Gasteiger partial charge in [-0.15, -0.1) is 0 Å². The topological polar surface area (TPSA) is 20.2 Å². The van der Waals surface area contributed by atoms with E-state index in [1.54, 1.807) is 12.1 Å². The Hall–Kier alpha value is -1.31. The first-order chi connectivity index (χ1) is 8.09. The standard InChI is InChI=1S/C15H15ClO/c1-10-5-3-8-14(11(10)2)15(17)12-6-4-7-13(16)9-12/h3-9,15,17H,1-2H3. The predicted octanol–water partition coefficient (Wildman–Crippen LogP) is 4.04. The molecule has 0 amide bonds. The van der Waals surface area contributed by atoms with Crippen LogP contribution in [0.1, 0.15) is 28.4 Å². The molecule has 2 rings (SSSR count). The van der Waals surface area contributed by atoms with Crippen LogP contribution in [0.5, 0.6) is 0 Å². The molecule has 0 aliphatic rings. The average molecular weight is 247 g/mol. The van der Waals surface area contributed by atoms with E-state index in [1.165, 1.54) is 5.56 Å². The summed E-state index contributed by atoms with van der Waals surface area (Å²) in [6.07, 6.45) is -0.617. The fourth-order valence-corrected chi connectivity index (χ4v) is 2.12. The summed E-state index contributed by atoms with van der Waals surface area (Å²) in [5.74, 6) is 0. The van der Waals surface area contributed by atoms with Gasteiger partial charge in [-0.25, -0.2) is 0 Å². The second-order valence-corrected chi connectivity index (χ2v) is 4.68. The van der Waals surface area contributed by atoms with Crippen molar-refractivity contribution in [2.24, 2.45) is 0 Å². The minimum Gasteiger partial charge on any atom is -0.384 e. The van der Waals surface area contributed by atoms with Gasteiger partial charge in [0.1, 0.15) is 6.10 Å². The fraction of sp³-hybridized carbons (Fsp3) is 0.200. The van der Waals surface area contributed by atoms with E-state index in [1.807, 2.05) is 44.2 Å². The van der Waals surface area contributed by atoms with E-state index in [0.717, 1.165) is 16.7 Å². The number of benzene rings is 2. The summed E-state index contributed by atoms with van der Waals surface area (Å²) in [4.78, 5) is 0. The van der Waals surface area contributed by atoms with Crippen molar-refractivity contribution in [2.75, 3.05) is 0 Å². The van der Waals surface area contributed by atoms with Crippen molar-refractivity contribution >= 4 is 11.6 Å². The number of halogens is 1. The van der Waals surface area contributed by atoms with Gasteiger partial charge in [0.15, 0.2) is 0 Å². The smallest absolute Gasteiger partial charge is 0.104 e. The summed E-state index contributed by atoms with van der Waals surface area (Å²) < 4.78 is 0. The minimum atomic E-state index is -0.617. The minimum absolute atomic E-state index is 0.617. The van der Waals surface area contributed by atoms with Crippen LogP contribution in [0.25, 0.3) is 0 Å². The molecule has 0 radical (unpaired) electrons. The lowest BCUT2D eigenvalue weighted by atomic mass is 9.95. The number of hydrogen-bond acceptors (Lipinski definition) is 1. The molecule has 2 heteroatoms. The molecule has 1 nitrogen and oxygen atoms in total. The highest BCUT2D eigenvalue weighted by Crippen LogP contribution is 2.27. The molecule has 17 heavy (non-hydrogen) atoms. The van der Waals surface area contributed by atoms with Crippen molar-refractivity contribution in [1.82, 2.24) is 0 Å². The van der Waals surface area contributed by atoms with Gasteiger partial charge in [0.25, 0.3) is 0 Å². The third-order valence-electron chi connectivity index (χ3n) is 3.11. The second kappa shape index (κ2) is 4.91. The maximum atomic E-state index is 10.4. The number of aliphatic hydroxyl groups is 1. The van der Waals surface area contributed by atoms with Crippen LogP contribution in [0.4, 0.5) is 0 Å². The Morgan fingerprint density at radius 3 is 2.47 bits per heavy atom. The largest absolute Gasteiger partial charge is 0.384 e. The Morgan fingerprint density at radius 1 is 1.06 bits per heavy atom. The Morgan fingerprint density at radius 2 is 1.76 bits per heavy atom. The third-order valence-corrected chi connectivity index (χ3v) is 3.34. The molecule has 0 aliphatic carbocycles.